The molecule has 0 aromatic heterocycles. The van der Waals surface area contributed by atoms with Gasteiger partial charge >= 0.3 is 5.97 Å². The highest BCUT2D eigenvalue weighted by Crippen LogP contribution is 2.17. The number of esters is 1. The van der Waals surface area contributed by atoms with Crippen LogP contribution in [0.5, 0.6) is 0 Å². The lowest BCUT2D eigenvalue weighted by atomic mass is 10.2. The number of hydrogen-bond acceptors (Lipinski definition) is 3. The molecule has 0 fully saturated rings. The first-order chi connectivity index (χ1) is 11.0. The SMILES string of the molecule is CCOC(=O)c1ccc(NC(=S)Nc2cc(C)ccc2F)cc1. The van der Waals surface area contributed by atoms with Crippen LogP contribution in [0, 0.1) is 12.7 Å². The van der Waals surface area contributed by atoms with Crippen molar-refractivity contribution in [2.24, 2.45) is 0 Å². The number of hydrogen-bond donors (Lipinski definition) is 2. The molecular formula is C17H17FN2O2S. The van der Waals surface area contributed by atoms with E-state index in [4.69, 9.17) is 17.0 Å². The maximum Gasteiger partial charge on any atom is 0.338 e. The second kappa shape index (κ2) is 7.69. The predicted octanol–water partition coefficient (Wildman–Crippen LogP) is 4.12. The molecule has 0 saturated heterocycles. The van der Waals surface area contributed by atoms with Crippen LogP contribution >= 0.6 is 12.2 Å². The number of aryl methyl sites for hydroxylation is 1. The normalized spacial score (nSPS) is 10.0. The largest absolute Gasteiger partial charge is 0.462 e. The Labute approximate surface area is 139 Å². The lowest BCUT2D eigenvalue weighted by molar-refractivity contribution is 0.0526. The number of nitrogens with one attached hydrogen (secondary N) is 2. The van der Waals surface area contributed by atoms with Crippen molar-refractivity contribution in [2.75, 3.05) is 17.2 Å². The molecule has 2 aromatic carbocycles. The summed E-state index contributed by atoms with van der Waals surface area (Å²) in [6.45, 7) is 3.95. The van der Waals surface area contributed by atoms with Gasteiger partial charge in [0.25, 0.3) is 0 Å². The Morgan fingerprint density at radius 1 is 1.17 bits per heavy atom. The van der Waals surface area contributed by atoms with Gasteiger partial charge in [0.1, 0.15) is 5.82 Å². The van der Waals surface area contributed by atoms with Crippen molar-refractivity contribution >= 4 is 34.7 Å². The summed E-state index contributed by atoms with van der Waals surface area (Å²) in [5.74, 6) is -0.751. The van der Waals surface area contributed by atoms with Gasteiger partial charge < -0.3 is 15.4 Å². The average Bonchev–Trinajstić information content (AvgIpc) is 2.52. The summed E-state index contributed by atoms with van der Waals surface area (Å²) in [7, 11) is 0. The molecule has 0 heterocycles. The molecule has 0 atom stereocenters. The van der Waals surface area contributed by atoms with Gasteiger partial charge in [-0.05, 0) is 68.0 Å². The van der Waals surface area contributed by atoms with E-state index >= 15 is 0 Å². The molecule has 0 bridgehead atoms. The summed E-state index contributed by atoms with van der Waals surface area (Å²) in [6, 6.07) is 11.4. The van der Waals surface area contributed by atoms with Gasteiger partial charge in [-0.15, -0.1) is 0 Å². The maximum atomic E-state index is 13.7. The zero-order valence-electron chi connectivity index (χ0n) is 12.9. The second-order valence-corrected chi connectivity index (χ2v) is 5.27. The van der Waals surface area contributed by atoms with Crippen LogP contribution in [-0.4, -0.2) is 17.7 Å². The van der Waals surface area contributed by atoms with Crippen molar-refractivity contribution in [1.29, 1.82) is 0 Å². The Morgan fingerprint density at radius 3 is 2.52 bits per heavy atom. The molecule has 0 spiro atoms. The lowest BCUT2D eigenvalue weighted by Gasteiger charge is -2.12. The van der Waals surface area contributed by atoms with E-state index in [2.05, 4.69) is 10.6 Å². The predicted molar refractivity (Wildman–Crippen MR) is 93.4 cm³/mol. The smallest absolute Gasteiger partial charge is 0.338 e. The molecule has 120 valence electrons. The Morgan fingerprint density at radius 2 is 1.87 bits per heavy atom. The molecule has 0 aliphatic heterocycles. The fraction of sp³-hybridized carbons (Fsp3) is 0.176. The van der Waals surface area contributed by atoms with Crippen molar-refractivity contribution in [3.8, 4) is 0 Å². The topological polar surface area (TPSA) is 50.4 Å². The van der Waals surface area contributed by atoms with E-state index in [9.17, 15) is 9.18 Å². The van der Waals surface area contributed by atoms with E-state index in [1.165, 1.54) is 6.07 Å². The lowest BCUT2D eigenvalue weighted by Crippen LogP contribution is -2.20. The number of benzene rings is 2. The summed E-state index contributed by atoms with van der Waals surface area (Å²) >= 11 is 5.17. The van der Waals surface area contributed by atoms with Crippen molar-refractivity contribution in [3.05, 3.63) is 59.4 Å². The molecule has 6 heteroatoms. The Bertz CT molecular complexity index is 717. The number of thiocarbonyl (C=S) groups is 1. The van der Waals surface area contributed by atoms with Gasteiger partial charge in [0.2, 0.25) is 0 Å². The molecule has 4 nitrogen and oxygen atoms in total. The Balaban J connectivity index is 2.00. The minimum Gasteiger partial charge on any atom is -0.462 e. The molecule has 23 heavy (non-hydrogen) atoms. The molecule has 0 radical (unpaired) electrons. The highest BCUT2D eigenvalue weighted by Gasteiger charge is 2.07. The van der Waals surface area contributed by atoms with E-state index in [-0.39, 0.29) is 16.9 Å². The fourth-order valence-corrected chi connectivity index (χ4v) is 2.15. The van der Waals surface area contributed by atoms with Gasteiger partial charge in [0, 0.05) is 5.69 Å². The van der Waals surface area contributed by atoms with Crippen LogP contribution in [0.15, 0.2) is 42.5 Å². The van der Waals surface area contributed by atoms with Crippen LogP contribution < -0.4 is 10.6 Å². The zero-order chi connectivity index (χ0) is 16.8. The van der Waals surface area contributed by atoms with Gasteiger partial charge in [-0.25, -0.2) is 9.18 Å². The molecule has 2 N–H and O–H groups in total. The second-order valence-electron chi connectivity index (χ2n) is 4.86. The number of rotatable bonds is 4. The van der Waals surface area contributed by atoms with E-state index < -0.39 is 0 Å². The number of ether oxygens (including phenoxy) is 1. The molecular weight excluding hydrogens is 315 g/mol. The first-order valence-electron chi connectivity index (χ1n) is 7.11. The molecule has 0 aliphatic rings. The van der Waals surface area contributed by atoms with E-state index in [0.29, 0.717) is 23.5 Å². The first-order valence-corrected chi connectivity index (χ1v) is 7.51. The standard InChI is InChI=1S/C17H17FN2O2S/c1-3-22-16(21)12-5-7-13(8-6-12)19-17(23)20-15-10-11(2)4-9-14(15)18/h4-10H,3H2,1-2H3,(H2,19,20,23). The third-order valence-corrected chi connectivity index (χ3v) is 3.23. The monoisotopic (exact) mass is 332 g/mol. The number of carbonyl (C=O) groups excluding carboxylic acids is 1. The average molecular weight is 332 g/mol. The summed E-state index contributed by atoms with van der Waals surface area (Å²) in [6.07, 6.45) is 0. The molecule has 2 rings (SSSR count). The van der Waals surface area contributed by atoms with Gasteiger partial charge in [0.05, 0.1) is 17.9 Å². The zero-order valence-corrected chi connectivity index (χ0v) is 13.7. The van der Waals surface area contributed by atoms with Crippen molar-refractivity contribution in [1.82, 2.24) is 0 Å². The summed E-state index contributed by atoms with van der Waals surface area (Å²) in [5.41, 5.74) is 2.38. The van der Waals surface area contributed by atoms with E-state index in [0.717, 1.165) is 5.56 Å². The minimum absolute atomic E-state index is 0.262. The third-order valence-electron chi connectivity index (χ3n) is 3.02. The van der Waals surface area contributed by atoms with Crippen molar-refractivity contribution in [2.45, 2.75) is 13.8 Å². The fourth-order valence-electron chi connectivity index (χ4n) is 1.92. The number of halogens is 1. The van der Waals surface area contributed by atoms with Crippen LogP contribution in [0.3, 0.4) is 0 Å². The van der Waals surface area contributed by atoms with Crippen LogP contribution in [0.1, 0.15) is 22.8 Å². The number of carbonyl (C=O) groups is 1. The number of anilines is 2. The highest BCUT2D eigenvalue weighted by molar-refractivity contribution is 7.80. The molecule has 0 unspecified atom stereocenters. The third kappa shape index (κ3) is 4.75. The van der Waals surface area contributed by atoms with Gasteiger partial charge in [-0.3, -0.25) is 0 Å². The molecule has 0 amide bonds. The van der Waals surface area contributed by atoms with E-state index in [1.54, 1.807) is 43.3 Å². The van der Waals surface area contributed by atoms with Crippen LogP contribution in [0.25, 0.3) is 0 Å². The Hall–Kier alpha value is -2.47. The first kappa shape index (κ1) is 16.9. The van der Waals surface area contributed by atoms with Gasteiger partial charge in [0.15, 0.2) is 5.11 Å². The molecule has 0 aliphatic carbocycles. The van der Waals surface area contributed by atoms with Gasteiger partial charge in [-0.2, -0.15) is 0 Å². The summed E-state index contributed by atoms with van der Waals surface area (Å²) in [4.78, 5) is 11.6. The van der Waals surface area contributed by atoms with Crippen LogP contribution in [0.4, 0.5) is 15.8 Å². The minimum atomic E-state index is -0.377. The van der Waals surface area contributed by atoms with Crippen LogP contribution in [0.2, 0.25) is 0 Å². The maximum absolute atomic E-state index is 13.7. The molecule has 0 saturated carbocycles. The molecule has 2 aromatic rings. The Kier molecular flexibility index (Phi) is 5.65. The van der Waals surface area contributed by atoms with Gasteiger partial charge in [-0.1, -0.05) is 6.07 Å². The quantitative estimate of drug-likeness (QED) is 0.651. The highest BCUT2D eigenvalue weighted by atomic mass is 32.1. The summed E-state index contributed by atoms with van der Waals surface area (Å²) < 4.78 is 18.6. The summed E-state index contributed by atoms with van der Waals surface area (Å²) in [5, 5.41) is 6.01. The van der Waals surface area contributed by atoms with Crippen molar-refractivity contribution < 1.29 is 13.9 Å². The van der Waals surface area contributed by atoms with Crippen LogP contribution in [-0.2, 0) is 4.74 Å². The van der Waals surface area contributed by atoms with Crippen molar-refractivity contribution in [3.63, 3.8) is 0 Å². The van der Waals surface area contributed by atoms with E-state index in [1.807, 2.05) is 6.92 Å².